The van der Waals surface area contributed by atoms with E-state index in [2.05, 4.69) is 0 Å². The molecule has 0 bridgehead atoms. The molecular formula is C10H13FO. The van der Waals surface area contributed by atoms with Crippen molar-refractivity contribution in [1.29, 1.82) is 0 Å². The van der Waals surface area contributed by atoms with Crippen LogP contribution in [-0.4, -0.2) is 6.61 Å². The van der Waals surface area contributed by atoms with Crippen LogP contribution in [0.15, 0.2) is 12.1 Å². The van der Waals surface area contributed by atoms with Gasteiger partial charge in [0.1, 0.15) is 0 Å². The molecule has 1 aromatic carbocycles. The van der Waals surface area contributed by atoms with Gasteiger partial charge in [0.05, 0.1) is 6.61 Å². The van der Waals surface area contributed by atoms with Crippen LogP contribution in [0.4, 0.5) is 4.39 Å². The molecule has 0 saturated carbocycles. The van der Waals surface area contributed by atoms with Crippen molar-refractivity contribution in [2.45, 2.75) is 20.8 Å². The van der Waals surface area contributed by atoms with Gasteiger partial charge in [-0.05, 0) is 38.0 Å². The second-order valence-electron chi connectivity index (χ2n) is 2.75. The number of hydrogen-bond acceptors (Lipinski definition) is 1. The van der Waals surface area contributed by atoms with Crippen LogP contribution in [0.3, 0.4) is 0 Å². The van der Waals surface area contributed by atoms with Crippen LogP contribution in [0.25, 0.3) is 0 Å². The Morgan fingerprint density at radius 1 is 1.33 bits per heavy atom. The first-order valence-corrected chi connectivity index (χ1v) is 4.05. The Bertz CT molecular complexity index is 281. The van der Waals surface area contributed by atoms with Crippen molar-refractivity contribution in [2.24, 2.45) is 0 Å². The lowest BCUT2D eigenvalue weighted by Crippen LogP contribution is -1.97. The highest BCUT2D eigenvalue weighted by molar-refractivity contribution is 5.35. The van der Waals surface area contributed by atoms with E-state index in [1.54, 1.807) is 13.0 Å². The first-order valence-electron chi connectivity index (χ1n) is 4.05. The van der Waals surface area contributed by atoms with E-state index in [1.807, 2.05) is 19.9 Å². The summed E-state index contributed by atoms with van der Waals surface area (Å²) < 4.78 is 18.4. The van der Waals surface area contributed by atoms with E-state index >= 15 is 0 Å². The van der Waals surface area contributed by atoms with E-state index in [4.69, 9.17) is 4.74 Å². The molecule has 0 atom stereocenters. The van der Waals surface area contributed by atoms with Crippen molar-refractivity contribution < 1.29 is 9.13 Å². The van der Waals surface area contributed by atoms with Crippen molar-refractivity contribution in [3.05, 3.63) is 29.1 Å². The van der Waals surface area contributed by atoms with Gasteiger partial charge in [-0.3, -0.25) is 0 Å². The molecule has 0 aliphatic rings. The quantitative estimate of drug-likeness (QED) is 0.659. The second-order valence-corrected chi connectivity index (χ2v) is 2.75. The molecule has 1 rings (SSSR count). The third-order valence-electron chi connectivity index (χ3n) is 1.92. The maximum Gasteiger partial charge on any atom is 0.168 e. The molecular weight excluding hydrogens is 155 g/mol. The van der Waals surface area contributed by atoms with Crippen LogP contribution < -0.4 is 4.74 Å². The maximum atomic E-state index is 13.3. The van der Waals surface area contributed by atoms with Crippen molar-refractivity contribution >= 4 is 0 Å². The average molecular weight is 168 g/mol. The monoisotopic (exact) mass is 168 g/mol. The summed E-state index contributed by atoms with van der Waals surface area (Å²) >= 11 is 0. The summed E-state index contributed by atoms with van der Waals surface area (Å²) in [5.74, 6) is 0.109. The first kappa shape index (κ1) is 9.04. The predicted molar refractivity (Wildman–Crippen MR) is 47.0 cm³/mol. The first-order chi connectivity index (χ1) is 5.66. The zero-order chi connectivity index (χ0) is 9.14. The molecule has 66 valence electrons. The molecule has 0 aromatic heterocycles. The summed E-state index contributed by atoms with van der Waals surface area (Å²) in [5.41, 5.74) is 1.62. The summed E-state index contributed by atoms with van der Waals surface area (Å²) in [7, 11) is 0. The van der Waals surface area contributed by atoms with Crippen molar-refractivity contribution in [2.75, 3.05) is 6.61 Å². The molecule has 0 fully saturated rings. The van der Waals surface area contributed by atoms with Crippen molar-refractivity contribution in [3.63, 3.8) is 0 Å². The summed E-state index contributed by atoms with van der Waals surface area (Å²) in [5, 5.41) is 0. The Balaban J connectivity index is 3.08. The molecule has 0 unspecified atom stereocenters. The van der Waals surface area contributed by atoms with E-state index < -0.39 is 0 Å². The molecule has 1 aromatic rings. The lowest BCUT2D eigenvalue weighted by molar-refractivity contribution is 0.320. The van der Waals surface area contributed by atoms with Gasteiger partial charge in [0, 0.05) is 0 Å². The van der Waals surface area contributed by atoms with Crippen molar-refractivity contribution in [1.82, 2.24) is 0 Å². The molecule has 0 N–H and O–H groups in total. The lowest BCUT2D eigenvalue weighted by Gasteiger charge is -2.07. The van der Waals surface area contributed by atoms with Gasteiger partial charge in [-0.1, -0.05) is 6.07 Å². The smallest absolute Gasteiger partial charge is 0.168 e. The second kappa shape index (κ2) is 3.57. The number of aryl methyl sites for hydroxylation is 1. The van der Waals surface area contributed by atoms with Crippen LogP contribution in [0, 0.1) is 19.7 Å². The van der Waals surface area contributed by atoms with Crippen LogP contribution >= 0.6 is 0 Å². The van der Waals surface area contributed by atoms with Crippen LogP contribution in [0.5, 0.6) is 5.75 Å². The van der Waals surface area contributed by atoms with E-state index in [-0.39, 0.29) is 5.82 Å². The molecule has 0 aliphatic carbocycles. The minimum atomic E-state index is -0.239. The number of benzene rings is 1. The standard InChI is InChI=1S/C10H13FO/c1-4-12-9-6-5-7(2)8(3)10(9)11/h5-6H,4H2,1-3H3. The van der Waals surface area contributed by atoms with E-state index in [1.165, 1.54) is 0 Å². The summed E-state index contributed by atoms with van der Waals surface area (Å²) in [6, 6.07) is 3.53. The largest absolute Gasteiger partial charge is 0.491 e. The van der Waals surface area contributed by atoms with Gasteiger partial charge in [-0.2, -0.15) is 0 Å². The number of hydrogen-bond donors (Lipinski definition) is 0. The lowest BCUT2D eigenvalue weighted by atomic mass is 10.1. The van der Waals surface area contributed by atoms with Gasteiger partial charge < -0.3 is 4.74 Å². The number of ether oxygens (including phenoxy) is 1. The van der Waals surface area contributed by atoms with E-state index in [9.17, 15) is 4.39 Å². The zero-order valence-electron chi connectivity index (χ0n) is 7.65. The molecule has 12 heavy (non-hydrogen) atoms. The number of halogens is 1. The van der Waals surface area contributed by atoms with Crippen LogP contribution in [0.1, 0.15) is 18.1 Å². The molecule has 1 nitrogen and oxygen atoms in total. The fraction of sp³-hybridized carbons (Fsp3) is 0.400. The minimum absolute atomic E-state index is 0.239. The Hall–Kier alpha value is -1.05. The molecule has 0 saturated heterocycles. The highest BCUT2D eigenvalue weighted by atomic mass is 19.1. The Kier molecular flexibility index (Phi) is 2.69. The fourth-order valence-corrected chi connectivity index (χ4v) is 1.02. The fourth-order valence-electron chi connectivity index (χ4n) is 1.02. The normalized spacial score (nSPS) is 10.0. The van der Waals surface area contributed by atoms with Crippen molar-refractivity contribution in [3.8, 4) is 5.75 Å². The predicted octanol–water partition coefficient (Wildman–Crippen LogP) is 2.84. The summed E-state index contributed by atoms with van der Waals surface area (Å²) in [6.07, 6.45) is 0. The average Bonchev–Trinajstić information content (AvgIpc) is 2.07. The highest BCUT2D eigenvalue weighted by Gasteiger charge is 2.07. The Labute approximate surface area is 72.2 Å². The molecule has 0 amide bonds. The maximum absolute atomic E-state index is 13.3. The molecule has 2 heteroatoms. The van der Waals surface area contributed by atoms with E-state index in [0.29, 0.717) is 17.9 Å². The SMILES string of the molecule is CCOc1ccc(C)c(C)c1F. The minimum Gasteiger partial charge on any atom is -0.491 e. The highest BCUT2D eigenvalue weighted by Crippen LogP contribution is 2.22. The van der Waals surface area contributed by atoms with Gasteiger partial charge in [-0.25, -0.2) is 4.39 Å². The van der Waals surface area contributed by atoms with Gasteiger partial charge in [-0.15, -0.1) is 0 Å². The van der Waals surface area contributed by atoms with Crippen LogP contribution in [0.2, 0.25) is 0 Å². The zero-order valence-corrected chi connectivity index (χ0v) is 7.65. The molecule has 0 radical (unpaired) electrons. The van der Waals surface area contributed by atoms with Gasteiger partial charge >= 0.3 is 0 Å². The summed E-state index contributed by atoms with van der Waals surface area (Å²) in [4.78, 5) is 0. The molecule has 0 heterocycles. The molecule has 0 aliphatic heterocycles. The van der Waals surface area contributed by atoms with Gasteiger partial charge in [0.2, 0.25) is 0 Å². The third kappa shape index (κ3) is 1.58. The number of rotatable bonds is 2. The van der Waals surface area contributed by atoms with E-state index in [0.717, 1.165) is 5.56 Å². The van der Waals surface area contributed by atoms with Crippen LogP contribution in [-0.2, 0) is 0 Å². The molecule has 0 spiro atoms. The Morgan fingerprint density at radius 2 is 2.00 bits per heavy atom. The van der Waals surface area contributed by atoms with Gasteiger partial charge in [0.15, 0.2) is 11.6 Å². The summed E-state index contributed by atoms with van der Waals surface area (Å²) in [6.45, 7) is 5.98. The third-order valence-corrected chi connectivity index (χ3v) is 1.92. The van der Waals surface area contributed by atoms with Gasteiger partial charge in [0.25, 0.3) is 0 Å². The Morgan fingerprint density at radius 3 is 2.58 bits per heavy atom. The topological polar surface area (TPSA) is 9.23 Å².